The molecule has 96 valence electrons. The molecule has 0 atom stereocenters. The van der Waals surface area contributed by atoms with Crippen molar-refractivity contribution in [3.8, 4) is 11.4 Å². The highest BCUT2D eigenvalue weighted by Crippen LogP contribution is 2.24. The maximum atomic E-state index is 12.0. The summed E-state index contributed by atoms with van der Waals surface area (Å²) < 4.78 is 41.5. The van der Waals surface area contributed by atoms with Crippen LogP contribution in [0.5, 0.6) is 5.75 Å². The van der Waals surface area contributed by atoms with Crippen molar-refractivity contribution >= 4 is 5.95 Å². The normalized spacial score (nSPS) is 11.3. The monoisotopic (exact) mass is 257 g/mol. The van der Waals surface area contributed by atoms with E-state index < -0.39 is 6.36 Å². The van der Waals surface area contributed by atoms with E-state index in [-0.39, 0.29) is 5.75 Å². The molecule has 0 bridgehead atoms. The molecule has 1 N–H and O–H groups in total. The van der Waals surface area contributed by atoms with Gasteiger partial charge in [-0.25, -0.2) is 4.98 Å². The SMILES string of the molecule is CNc1nccn1-c1ccc(OC(F)(F)F)cc1. The van der Waals surface area contributed by atoms with Crippen molar-refractivity contribution in [2.24, 2.45) is 0 Å². The number of aromatic nitrogens is 2. The summed E-state index contributed by atoms with van der Waals surface area (Å²) in [6, 6.07) is 5.54. The summed E-state index contributed by atoms with van der Waals surface area (Å²) in [4.78, 5) is 4.03. The maximum absolute atomic E-state index is 12.0. The van der Waals surface area contributed by atoms with Crippen LogP contribution >= 0.6 is 0 Å². The Morgan fingerprint density at radius 2 is 1.89 bits per heavy atom. The lowest BCUT2D eigenvalue weighted by molar-refractivity contribution is -0.274. The van der Waals surface area contributed by atoms with Crippen molar-refractivity contribution in [3.05, 3.63) is 36.7 Å². The molecule has 0 amide bonds. The number of nitrogens with one attached hydrogen (secondary N) is 1. The molecule has 1 aromatic carbocycles. The van der Waals surface area contributed by atoms with E-state index in [4.69, 9.17) is 0 Å². The molecule has 7 heteroatoms. The second-order valence-corrected chi connectivity index (χ2v) is 3.41. The van der Waals surface area contributed by atoms with Crippen LogP contribution in [0.3, 0.4) is 0 Å². The van der Waals surface area contributed by atoms with Gasteiger partial charge in [0, 0.05) is 25.1 Å². The summed E-state index contributed by atoms with van der Waals surface area (Å²) in [5, 5.41) is 2.87. The first-order chi connectivity index (χ1) is 8.49. The summed E-state index contributed by atoms with van der Waals surface area (Å²) in [7, 11) is 1.71. The lowest BCUT2D eigenvalue weighted by Crippen LogP contribution is -2.17. The molecule has 4 nitrogen and oxygen atoms in total. The summed E-state index contributed by atoms with van der Waals surface area (Å²) in [5.74, 6) is 0.344. The number of imidazole rings is 1. The Morgan fingerprint density at radius 3 is 2.44 bits per heavy atom. The van der Waals surface area contributed by atoms with Gasteiger partial charge >= 0.3 is 6.36 Å². The van der Waals surface area contributed by atoms with Gasteiger partial charge in [-0.1, -0.05) is 0 Å². The van der Waals surface area contributed by atoms with Crippen LogP contribution in [0.2, 0.25) is 0 Å². The van der Waals surface area contributed by atoms with Gasteiger partial charge in [-0.2, -0.15) is 0 Å². The highest BCUT2D eigenvalue weighted by Gasteiger charge is 2.30. The van der Waals surface area contributed by atoms with Gasteiger partial charge in [0.1, 0.15) is 5.75 Å². The smallest absolute Gasteiger partial charge is 0.406 e. The predicted octanol–water partition coefficient (Wildman–Crippen LogP) is 2.81. The van der Waals surface area contributed by atoms with E-state index in [1.807, 2.05) is 0 Å². The highest BCUT2D eigenvalue weighted by atomic mass is 19.4. The number of anilines is 1. The Balaban J connectivity index is 2.23. The Hall–Kier alpha value is -2.18. The molecule has 0 aliphatic carbocycles. The maximum Gasteiger partial charge on any atom is 0.573 e. The van der Waals surface area contributed by atoms with E-state index in [0.29, 0.717) is 11.6 Å². The molecular formula is C11H10F3N3O. The van der Waals surface area contributed by atoms with Crippen LogP contribution in [0.4, 0.5) is 19.1 Å². The second kappa shape index (κ2) is 4.59. The van der Waals surface area contributed by atoms with Crippen LogP contribution in [-0.4, -0.2) is 23.0 Å². The number of hydrogen-bond donors (Lipinski definition) is 1. The third-order valence-corrected chi connectivity index (χ3v) is 2.21. The van der Waals surface area contributed by atoms with Crippen molar-refractivity contribution in [2.45, 2.75) is 6.36 Å². The van der Waals surface area contributed by atoms with Crippen molar-refractivity contribution in [1.29, 1.82) is 0 Å². The van der Waals surface area contributed by atoms with Crippen LogP contribution in [0.15, 0.2) is 36.7 Å². The number of rotatable bonds is 3. The fourth-order valence-electron chi connectivity index (χ4n) is 1.51. The minimum Gasteiger partial charge on any atom is -0.406 e. The van der Waals surface area contributed by atoms with Gasteiger partial charge in [0.25, 0.3) is 0 Å². The molecule has 0 aliphatic heterocycles. The summed E-state index contributed by atoms with van der Waals surface area (Å²) >= 11 is 0. The number of ether oxygens (including phenoxy) is 1. The molecule has 2 rings (SSSR count). The molecule has 2 aromatic rings. The lowest BCUT2D eigenvalue weighted by atomic mass is 10.3. The number of alkyl halides is 3. The van der Waals surface area contributed by atoms with Gasteiger partial charge in [-0.15, -0.1) is 13.2 Å². The quantitative estimate of drug-likeness (QED) is 0.918. The zero-order chi connectivity index (χ0) is 13.2. The molecular weight excluding hydrogens is 247 g/mol. The zero-order valence-electron chi connectivity index (χ0n) is 9.40. The van der Waals surface area contributed by atoms with E-state index >= 15 is 0 Å². The van der Waals surface area contributed by atoms with E-state index in [1.165, 1.54) is 24.3 Å². The van der Waals surface area contributed by atoms with Gasteiger partial charge in [0.2, 0.25) is 5.95 Å². The van der Waals surface area contributed by atoms with E-state index in [9.17, 15) is 13.2 Å². The van der Waals surface area contributed by atoms with E-state index in [2.05, 4.69) is 15.0 Å². The van der Waals surface area contributed by atoms with Gasteiger partial charge in [-0.3, -0.25) is 4.57 Å². The largest absolute Gasteiger partial charge is 0.573 e. The summed E-state index contributed by atoms with van der Waals surface area (Å²) in [6.45, 7) is 0. The number of halogens is 3. The Morgan fingerprint density at radius 1 is 1.22 bits per heavy atom. The second-order valence-electron chi connectivity index (χ2n) is 3.41. The first kappa shape index (κ1) is 12.3. The van der Waals surface area contributed by atoms with Crippen LogP contribution < -0.4 is 10.1 Å². The first-order valence-corrected chi connectivity index (χ1v) is 5.07. The van der Waals surface area contributed by atoms with Crippen molar-refractivity contribution in [2.75, 3.05) is 12.4 Å². The summed E-state index contributed by atoms with van der Waals surface area (Å²) in [5.41, 5.74) is 0.686. The van der Waals surface area contributed by atoms with Crippen molar-refractivity contribution in [1.82, 2.24) is 9.55 Å². The van der Waals surface area contributed by atoms with Crippen molar-refractivity contribution in [3.63, 3.8) is 0 Å². The number of benzene rings is 1. The number of nitrogens with zero attached hydrogens (tertiary/aromatic N) is 2. The molecule has 0 saturated heterocycles. The van der Waals surface area contributed by atoms with Crippen LogP contribution in [0, 0.1) is 0 Å². The van der Waals surface area contributed by atoms with Gasteiger partial charge < -0.3 is 10.1 Å². The molecule has 0 fully saturated rings. The minimum atomic E-state index is -4.67. The van der Waals surface area contributed by atoms with Crippen LogP contribution in [0.25, 0.3) is 5.69 Å². The summed E-state index contributed by atoms with van der Waals surface area (Å²) in [6.07, 6.45) is -1.38. The van der Waals surface area contributed by atoms with Gasteiger partial charge in [-0.05, 0) is 24.3 Å². The van der Waals surface area contributed by atoms with Gasteiger partial charge in [0.05, 0.1) is 0 Å². The lowest BCUT2D eigenvalue weighted by Gasteiger charge is -2.10. The molecule has 0 unspecified atom stereocenters. The standard InChI is InChI=1S/C11H10F3N3O/c1-15-10-16-6-7-17(10)8-2-4-9(5-3-8)18-11(12,13)14/h2-7H,1H3,(H,15,16). The molecule has 0 spiro atoms. The molecule has 0 aliphatic rings. The average Bonchev–Trinajstić information content (AvgIpc) is 2.76. The predicted molar refractivity (Wildman–Crippen MR) is 59.8 cm³/mol. The van der Waals surface area contributed by atoms with E-state index in [1.54, 1.807) is 24.0 Å². The van der Waals surface area contributed by atoms with Gasteiger partial charge in [0.15, 0.2) is 0 Å². The molecule has 18 heavy (non-hydrogen) atoms. The molecule has 1 heterocycles. The Labute approximate surface area is 101 Å². The van der Waals surface area contributed by atoms with E-state index in [0.717, 1.165) is 0 Å². The molecule has 0 saturated carbocycles. The molecule has 0 radical (unpaired) electrons. The van der Waals surface area contributed by atoms with Crippen molar-refractivity contribution < 1.29 is 17.9 Å². The fourth-order valence-corrected chi connectivity index (χ4v) is 1.51. The topological polar surface area (TPSA) is 39.1 Å². The third kappa shape index (κ3) is 2.73. The number of hydrogen-bond acceptors (Lipinski definition) is 3. The first-order valence-electron chi connectivity index (χ1n) is 5.07. The average molecular weight is 257 g/mol. The third-order valence-electron chi connectivity index (χ3n) is 2.21. The molecule has 1 aromatic heterocycles. The Bertz CT molecular complexity index is 519. The van der Waals surface area contributed by atoms with Crippen LogP contribution in [-0.2, 0) is 0 Å². The zero-order valence-corrected chi connectivity index (χ0v) is 9.40. The fraction of sp³-hybridized carbons (Fsp3) is 0.182. The minimum absolute atomic E-state index is 0.252. The Kier molecular flexibility index (Phi) is 3.14. The van der Waals surface area contributed by atoms with Crippen LogP contribution in [0.1, 0.15) is 0 Å². The highest BCUT2D eigenvalue weighted by molar-refractivity contribution is 5.43.